The summed E-state index contributed by atoms with van der Waals surface area (Å²) in [5, 5.41) is 5.94. The number of hydrogen-bond donors (Lipinski definition) is 2. The Bertz CT molecular complexity index is 691. The zero-order chi connectivity index (χ0) is 16.2. The molecule has 1 aliphatic carbocycles. The summed E-state index contributed by atoms with van der Waals surface area (Å²) < 4.78 is 0. The number of urea groups is 1. The van der Waals surface area contributed by atoms with Gasteiger partial charge in [0.15, 0.2) is 0 Å². The van der Waals surface area contributed by atoms with Gasteiger partial charge in [-0.1, -0.05) is 37.3 Å². The van der Waals surface area contributed by atoms with Crippen LogP contribution >= 0.6 is 0 Å². The maximum Gasteiger partial charge on any atom is 0.319 e. The summed E-state index contributed by atoms with van der Waals surface area (Å²) in [6.07, 6.45) is 4.52. The first-order valence-electron chi connectivity index (χ1n) is 8.44. The van der Waals surface area contributed by atoms with Gasteiger partial charge in [-0.05, 0) is 67.0 Å². The van der Waals surface area contributed by atoms with Crippen molar-refractivity contribution in [2.24, 2.45) is 0 Å². The molecule has 0 fully saturated rings. The standard InChI is InChI=1S/C20H24N2O/c1-3-15-7-9-16(10-8-15)14(2)21-20(23)22-19-12-11-17-5-4-6-18(17)13-19/h7-14H,3-6H2,1-2H3,(H2,21,22,23). The third-order valence-electron chi connectivity index (χ3n) is 4.59. The van der Waals surface area contributed by atoms with Crippen molar-refractivity contribution in [2.75, 3.05) is 5.32 Å². The van der Waals surface area contributed by atoms with Gasteiger partial charge in [-0.2, -0.15) is 0 Å². The highest BCUT2D eigenvalue weighted by Crippen LogP contribution is 2.25. The molecule has 23 heavy (non-hydrogen) atoms. The molecule has 120 valence electrons. The van der Waals surface area contributed by atoms with Gasteiger partial charge in [0.1, 0.15) is 0 Å². The lowest BCUT2D eigenvalue weighted by molar-refractivity contribution is 0.249. The monoisotopic (exact) mass is 308 g/mol. The Morgan fingerprint density at radius 1 is 1.09 bits per heavy atom. The highest BCUT2D eigenvalue weighted by molar-refractivity contribution is 5.89. The van der Waals surface area contributed by atoms with Crippen molar-refractivity contribution in [2.45, 2.75) is 45.6 Å². The molecule has 2 aromatic carbocycles. The van der Waals surface area contributed by atoms with E-state index >= 15 is 0 Å². The van der Waals surface area contributed by atoms with Gasteiger partial charge in [0.25, 0.3) is 0 Å². The highest BCUT2D eigenvalue weighted by atomic mass is 16.2. The Hall–Kier alpha value is -2.29. The fourth-order valence-electron chi connectivity index (χ4n) is 3.14. The Kier molecular flexibility index (Phi) is 4.65. The van der Waals surface area contributed by atoms with Crippen molar-refractivity contribution in [3.8, 4) is 0 Å². The molecule has 1 unspecified atom stereocenters. The van der Waals surface area contributed by atoms with E-state index in [4.69, 9.17) is 0 Å². The van der Waals surface area contributed by atoms with Gasteiger partial charge in [-0.15, -0.1) is 0 Å². The summed E-state index contributed by atoms with van der Waals surface area (Å²) in [6.45, 7) is 4.14. The van der Waals surface area contributed by atoms with Crippen LogP contribution in [0.5, 0.6) is 0 Å². The van der Waals surface area contributed by atoms with Crippen molar-refractivity contribution in [1.82, 2.24) is 5.32 Å². The number of carbonyl (C=O) groups excluding carboxylic acids is 1. The smallest absolute Gasteiger partial charge is 0.319 e. The van der Waals surface area contributed by atoms with Crippen LogP contribution in [-0.2, 0) is 19.3 Å². The third-order valence-corrected chi connectivity index (χ3v) is 4.59. The first-order chi connectivity index (χ1) is 11.2. The second-order valence-electron chi connectivity index (χ2n) is 6.25. The van der Waals surface area contributed by atoms with E-state index in [9.17, 15) is 4.79 Å². The molecule has 0 heterocycles. The van der Waals surface area contributed by atoms with Crippen molar-refractivity contribution < 1.29 is 4.79 Å². The van der Waals surface area contributed by atoms with E-state index in [0.29, 0.717) is 0 Å². The van der Waals surface area contributed by atoms with Gasteiger partial charge in [0.05, 0.1) is 6.04 Å². The van der Waals surface area contributed by atoms with Crippen LogP contribution in [0.15, 0.2) is 42.5 Å². The molecule has 2 aromatic rings. The first-order valence-corrected chi connectivity index (χ1v) is 8.44. The Balaban J connectivity index is 1.60. The number of anilines is 1. The zero-order valence-electron chi connectivity index (χ0n) is 13.9. The molecule has 0 saturated carbocycles. The average Bonchev–Trinajstić information content (AvgIpc) is 3.02. The van der Waals surface area contributed by atoms with Gasteiger partial charge in [0, 0.05) is 5.69 Å². The van der Waals surface area contributed by atoms with Crippen LogP contribution in [-0.4, -0.2) is 6.03 Å². The molecule has 0 saturated heterocycles. The minimum absolute atomic E-state index is 0.0182. The highest BCUT2D eigenvalue weighted by Gasteiger charge is 2.13. The summed E-state index contributed by atoms with van der Waals surface area (Å²) in [5.74, 6) is 0. The number of carbonyl (C=O) groups is 1. The van der Waals surface area contributed by atoms with Crippen LogP contribution < -0.4 is 10.6 Å². The SMILES string of the molecule is CCc1ccc(C(C)NC(=O)Nc2ccc3c(c2)CCC3)cc1. The Morgan fingerprint density at radius 3 is 2.57 bits per heavy atom. The third kappa shape index (κ3) is 3.73. The number of nitrogens with one attached hydrogen (secondary N) is 2. The van der Waals surface area contributed by atoms with E-state index in [0.717, 1.165) is 30.5 Å². The molecule has 0 spiro atoms. The number of benzene rings is 2. The van der Waals surface area contributed by atoms with Crippen LogP contribution in [0.2, 0.25) is 0 Å². The van der Waals surface area contributed by atoms with Crippen LogP contribution in [0, 0.1) is 0 Å². The maximum absolute atomic E-state index is 12.2. The molecular formula is C20H24N2O. The molecule has 1 atom stereocenters. The molecule has 2 N–H and O–H groups in total. The van der Waals surface area contributed by atoms with Crippen LogP contribution in [0.1, 0.15) is 48.6 Å². The largest absolute Gasteiger partial charge is 0.331 e. The van der Waals surface area contributed by atoms with E-state index in [1.807, 2.05) is 13.0 Å². The molecule has 3 nitrogen and oxygen atoms in total. The summed E-state index contributed by atoms with van der Waals surface area (Å²) in [5.41, 5.74) is 6.08. The normalized spacial score (nSPS) is 14.2. The van der Waals surface area contributed by atoms with Crippen molar-refractivity contribution in [1.29, 1.82) is 0 Å². The summed E-state index contributed by atoms with van der Waals surface area (Å²) >= 11 is 0. The second-order valence-corrected chi connectivity index (χ2v) is 6.25. The van der Waals surface area contributed by atoms with E-state index in [2.05, 4.69) is 54.0 Å². The van der Waals surface area contributed by atoms with E-state index < -0.39 is 0 Å². The number of aryl methyl sites for hydroxylation is 3. The summed E-state index contributed by atoms with van der Waals surface area (Å²) in [6, 6.07) is 14.4. The Labute approximate surface area is 138 Å². The van der Waals surface area contributed by atoms with Gasteiger partial charge in [-0.3, -0.25) is 0 Å². The predicted molar refractivity (Wildman–Crippen MR) is 94.9 cm³/mol. The molecule has 0 aromatic heterocycles. The molecule has 0 radical (unpaired) electrons. The average molecular weight is 308 g/mol. The van der Waals surface area contributed by atoms with E-state index in [1.165, 1.54) is 23.1 Å². The predicted octanol–water partition coefficient (Wildman–Crippen LogP) is 4.62. The van der Waals surface area contributed by atoms with Gasteiger partial charge in [0.2, 0.25) is 0 Å². The topological polar surface area (TPSA) is 41.1 Å². The lowest BCUT2D eigenvalue weighted by Crippen LogP contribution is -2.31. The van der Waals surface area contributed by atoms with Gasteiger partial charge < -0.3 is 10.6 Å². The van der Waals surface area contributed by atoms with E-state index in [-0.39, 0.29) is 12.1 Å². The molecule has 0 bridgehead atoms. The zero-order valence-corrected chi connectivity index (χ0v) is 13.9. The summed E-state index contributed by atoms with van der Waals surface area (Å²) in [7, 11) is 0. The molecule has 1 aliphatic rings. The number of hydrogen-bond acceptors (Lipinski definition) is 1. The van der Waals surface area contributed by atoms with Gasteiger partial charge in [-0.25, -0.2) is 4.79 Å². The van der Waals surface area contributed by atoms with Crippen molar-refractivity contribution in [3.05, 3.63) is 64.7 Å². The quantitative estimate of drug-likeness (QED) is 0.850. The summed E-state index contributed by atoms with van der Waals surface area (Å²) in [4.78, 5) is 12.2. The van der Waals surface area contributed by atoms with E-state index in [1.54, 1.807) is 0 Å². The fourth-order valence-corrected chi connectivity index (χ4v) is 3.14. The molecule has 3 rings (SSSR count). The number of amides is 2. The number of rotatable bonds is 4. The maximum atomic E-state index is 12.2. The fraction of sp³-hybridized carbons (Fsp3) is 0.350. The van der Waals surface area contributed by atoms with Crippen LogP contribution in [0.25, 0.3) is 0 Å². The lowest BCUT2D eigenvalue weighted by Gasteiger charge is -2.16. The molecule has 2 amide bonds. The molecule has 3 heteroatoms. The van der Waals surface area contributed by atoms with Crippen LogP contribution in [0.4, 0.5) is 10.5 Å². The lowest BCUT2D eigenvalue weighted by atomic mass is 10.1. The van der Waals surface area contributed by atoms with Crippen LogP contribution in [0.3, 0.4) is 0 Å². The van der Waals surface area contributed by atoms with Gasteiger partial charge >= 0.3 is 6.03 Å². The first kappa shape index (κ1) is 15.6. The Morgan fingerprint density at radius 2 is 1.83 bits per heavy atom. The minimum atomic E-state index is -0.157. The second kappa shape index (κ2) is 6.86. The molecular weight excluding hydrogens is 284 g/mol. The molecule has 0 aliphatic heterocycles. The number of fused-ring (bicyclic) bond motifs is 1. The van der Waals surface area contributed by atoms with Crippen molar-refractivity contribution >= 4 is 11.7 Å². The minimum Gasteiger partial charge on any atom is -0.331 e. The van der Waals surface area contributed by atoms with Crippen molar-refractivity contribution in [3.63, 3.8) is 0 Å².